The minimum Gasteiger partial charge on any atom is -0.455 e. The summed E-state index contributed by atoms with van der Waals surface area (Å²) in [6.07, 6.45) is 7.53. The van der Waals surface area contributed by atoms with Gasteiger partial charge in [-0.25, -0.2) is 4.57 Å². The Labute approximate surface area is 198 Å². The lowest BCUT2D eigenvalue weighted by molar-refractivity contribution is -0.659. The Balaban J connectivity index is 1.67. The molecule has 1 fully saturated rings. The van der Waals surface area contributed by atoms with E-state index in [1.54, 1.807) is 0 Å². The number of fused-ring (bicyclic) bond motifs is 3. The molecule has 0 atom stereocenters. The molecule has 0 unspecified atom stereocenters. The molecule has 0 N–H and O–H groups in total. The standard InChI is InChI=1S/C30H34NOSi/c1-18-24-12-11-23(33(4,5)6)17-25(24)19(2)30-27(18)29-28-21(13-14-31(29)3)15-22(16-26(28)32-30)20-9-7-8-10-20/h11-17,20H,7-10H2,1-6H3/q+1. The van der Waals surface area contributed by atoms with E-state index in [1.807, 2.05) is 0 Å². The Morgan fingerprint density at radius 3 is 2.39 bits per heavy atom. The van der Waals surface area contributed by atoms with Crippen molar-refractivity contribution in [3.8, 4) is 22.8 Å². The molecule has 2 heterocycles. The van der Waals surface area contributed by atoms with Crippen molar-refractivity contribution >= 4 is 34.8 Å². The molecular weight excluding hydrogens is 418 g/mol. The third-order valence-electron chi connectivity index (χ3n) is 8.13. The van der Waals surface area contributed by atoms with Crippen molar-refractivity contribution in [2.45, 2.75) is 65.1 Å². The van der Waals surface area contributed by atoms with E-state index in [-0.39, 0.29) is 0 Å². The van der Waals surface area contributed by atoms with Gasteiger partial charge < -0.3 is 4.74 Å². The van der Waals surface area contributed by atoms with Crippen molar-refractivity contribution in [2.24, 2.45) is 7.05 Å². The van der Waals surface area contributed by atoms with E-state index in [2.05, 4.69) is 87.7 Å². The lowest BCUT2D eigenvalue weighted by Crippen LogP contribution is -2.37. The fourth-order valence-electron chi connectivity index (χ4n) is 6.15. The zero-order valence-corrected chi connectivity index (χ0v) is 21.8. The second-order valence-electron chi connectivity index (χ2n) is 11.3. The molecule has 2 nitrogen and oxygen atoms in total. The van der Waals surface area contributed by atoms with Gasteiger partial charge in [-0.2, -0.15) is 0 Å². The van der Waals surface area contributed by atoms with Crippen LogP contribution in [0.2, 0.25) is 19.6 Å². The third-order valence-corrected chi connectivity index (χ3v) is 10.2. The van der Waals surface area contributed by atoms with Crippen molar-refractivity contribution in [3.05, 3.63) is 59.3 Å². The van der Waals surface area contributed by atoms with Gasteiger partial charge in [0.1, 0.15) is 18.5 Å². The molecule has 1 saturated carbocycles. The number of hydrogen-bond acceptors (Lipinski definition) is 1. The van der Waals surface area contributed by atoms with Crippen LogP contribution in [0.3, 0.4) is 0 Å². The number of pyridine rings is 1. The van der Waals surface area contributed by atoms with E-state index in [4.69, 9.17) is 4.74 Å². The molecule has 0 radical (unpaired) electrons. The first-order valence-electron chi connectivity index (χ1n) is 12.5. The molecule has 0 spiro atoms. The van der Waals surface area contributed by atoms with Crippen molar-refractivity contribution in [1.82, 2.24) is 0 Å². The summed E-state index contributed by atoms with van der Waals surface area (Å²) in [6.45, 7) is 11.8. The monoisotopic (exact) mass is 452 g/mol. The molecule has 1 aromatic heterocycles. The highest BCUT2D eigenvalue weighted by Gasteiger charge is 2.33. The maximum Gasteiger partial charge on any atom is 0.228 e. The second-order valence-corrected chi connectivity index (χ2v) is 16.4. The van der Waals surface area contributed by atoms with E-state index in [9.17, 15) is 0 Å². The van der Waals surface area contributed by atoms with Gasteiger partial charge >= 0.3 is 0 Å². The summed E-state index contributed by atoms with van der Waals surface area (Å²) in [5, 5.41) is 6.76. The van der Waals surface area contributed by atoms with Gasteiger partial charge in [0.25, 0.3) is 0 Å². The molecule has 4 aromatic rings. The largest absolute Gasteiger partial charge is 0.455 e. The van der Waals surface area contributed by atoms with Gasteiger partial charge in [0.2, 0.25) is 5.69 Å². The Kier molecular flexibility index (Phi) is 4.55. The van der Waals surface area contributed by atoms with Crippen LogP contribution in [0.15, 0.2) is 42.6 Å². The molecule has 1 aliphatic carbocycles. The van der Waals surface area contributed by atoms with Crippen LogP contribution in [0.1, 0.15) is 48.3 Å². The average molecular weight is 453 g/mol. The Hall–Kier alpha value is -2.65. The highest BCUT2D eigenvalue weighted by atomic mass is 28.3. The first-order valence-corrected chi connectivity index (χ1v) is 16.0. The van der Waals surface area contributed by atoms with Crippen LogP contribution in [0, 0.1) is 13.8 Å². The summed E-state index contributed by atoms with van der Waals surface area (Å²) in [5.74, 6) is 2.76. The highest BCUT2D eigenvalue weighted by molar-refractivity contribution is 6.88. The number of aryl methyl sites for hydroxylation is 3. The lowest BCUT2D eigenvalue weighted by Gasteiger charge is -2.26. The van der Waals surface area contributed by atoms with Gasteiger partial charge in [0.05, 0.1) is 19.0 Å². The average Bonchev–Trinajstić information content (AvgIpc) is 3.33. The molecule has 0 amide bonds. The van der Waals surface area contributed by atoms with Crippen LogP contribution in [-0.4, -0.2) is 8.07 Å². The first kappa shape index (κ1) is 20.9. The molecule has 0 bridgehead atoms. The number of benzene rings is 3. The van der Waals surface area contributed by atoms with Crippen LogP contribution < -0.4 is 14.5 Å². The van der Waals surface area contributed by atoms with E-state index in [1.165, 1.54) is 80.4 Å². The van der Waals surface area contributed by atoms with Crippen LogP contribution >= 0.6 is 0 Å². The normalized spacial score (nSPS) is 15.8. The van der Waals surface area contributed by atoms with Crippen molar-refractivity contribution < 1.29 is 9.30 Å². The predicted octanol–water partition coefficient (Wildman–Crippen LogP) is 7.41. The minimum atomic E-state index is -1.40. The van der Waals surface area contributed by atoms with E-state index < -0.39 is 8.07 Å². The molecule has 33 heavy (non-hydrogen) atoms. The summed E-state index contributed by atoms with van der Waals surface area (Å²) in [7, 11) is 0.773. The Morgan fingerprint density at radius 1 is 0.909 bits per heavy atom. The maximum absolute atomic E-state index is 6.85. The van der Waals surface area contributed by atoms with Crippen LogP contribution in [0.25, 0.3) is 32.8 Å². The fourth-order valence-corrected chi connectivity index (χ4v) is 7.31. The zero-order valence-electron chi connectivity index (χ0n) is 20.8. The number of ether oxygens (including phenoxy) is 1. The fraction of sp³-hybridized carbons (Fsp3) is 0.367. The molecule has 168 valence electrons. The van der Waals surface area contributed by atoms with Crippen molar-refractivity contribution in [3.63, 3.8) is 0 Å². The maximum atomic E-state index is 6.85. The molecule has 2 aliphatic rings. The minimum absolute atomic E-state index is 0.673. The lowest BCUT2D eigenvalue weighted by atomic mass is 9.87. The zero-order chi connectivity index (χ0) is 23.1. The van der Waals surface area contributed by atoms with E-state index in [0.717, 1.165) is 11.5 Å². The van der Waals surface area contributed by atoms with Gasteiger partial charge in [0, 0.05) is 11.6 Å². The summed E-state index contributed by atoms with van der Waals surface area (Å²) in [6, 6.07) is 14.2. The van der Waals surface area contributed by atoms with Crippen LogP contribution in [0.4, 0.5) is 0 Å². The first-order chi connectivity index (χ1) is 15.7. The number of nitrogens with zero attached hydrogens (tertiary/aromatic N) is 1. The predicted molar refractivity (Wildman–Crippen MR) is 142 cm³/mol. The van der Waals surface area contributed by atoms with Crippen LogP contribution in [0.5, 0.6) is 11.5 Å². The Bertz CT molecular complexity index is 1450. The summed E-state index contributed by atoms with van der Waals surface area (Å²) in [5.41, 5.74) is 6.59. The number of hydrogen-bond donors (Lipinski definition) is 0. The molecular formula is C30H34NOSi+. The third kappa shape index (κ3) is 3.08. The van der Waals surface area contributed by atoms with Gasteiger partial charge in [-0.05, 0) is 66.0 Å². The van der Waals surface area contributed by atoms with E-state index in [0.29, 0.717) is 5.92 Å². The molecule has 0 saturated heterocycles. The van der Waals surface area contributed by atoms with Gasteiger partial charge in [-0.1, -0.05) is 61.9 Å². The molecule has 6 rings (SSSR count). The van der Waals surface area contributed by atoms with Crippen molar-refractivity contribution in [1.29, 1.82) is 0 Å². The smallest absolute Gasteiger partial charge is 0.228 e. The summed E-state index contributed by atoms with van der Waals surface area (Å²) >= 11 is 0. The number of aromatic nitrogens is 1. The van der Waals surface area contributed by atoms with E-state index >= 15 is 0 Å². The van der Waals surface area contributed by atoms with Gasteiger partial charge in [0.15, 0.2) is 6.20 Å². The van der Waals surface area contributed by atoms with Gasteiger partial charge in [-0.3, -0.25) is 0 Å². The molecule has 3 heteroatoms. The van der Waals surface area contributed by atoms with Crippen molar-refractivity contribution in [2.75, 3.05) is 0 Å². The molecule has 3 aromatic carbocycles. The molecule has 1 aliphatic heterocycles. The quantitative estimate of drug-likeness (QED) is 0.201. The summed E-state index contributed by atoms with van der Waals surface area (Å²) < 4.78 is 9.14. The second kappa shape index (κ2) is 7.17. The SMILES string of the molecule is Cc1c2c(c(C)c3ccc([Si](C)(C)C)cc13)-c1c3c(cc(C4CCCC4)cc3cc[n+]1C)O2. The Morgan fingerprint density at radius 2 is 1.67 bits per heavy atom. The van der Waals surface area contributed by atoms with Gasteiger partial charge in [-0.15, -0.1) is 0 Å². The number of rotatable bonds is 2. The van der Waals surface area contributed by atoms with Crippen LogP contribution in [-0.2, 0) is 7.05 Å². The summed E-state index contributed by atoms with van der Waals surface area (Å²) in [4.78, 5) is 0. The highest BCUT2D eigenvalue weighted by Crippen LogP contribution is 2.51. The topological polar surface area (TPSA) is 13.1 Å².